The second-order valence-electron chi connectivity index (χ2n) is 5.32. The molecule has 0 saturated carbocycles. The fourth-order valence-electron chi connectivity index (χ4n) is 2.62. The van der Waals surface area contributed by atoms with E-state index in [1.165, 1.54) is 12.1 Å². The second-order valence-corrected chi connectivity index (χ2v) is 6.30. The minimum absolute atomic E-state index is 0.175. The molecule has 0 aliphatic carbocycles. The molecule has 1 aliphatic heterocycles. The second kappa shape index (κ2) is 5.71. The molecule has 1 aromatic carbocycles. The van der Waals surface area contributed by atoms with Gasteiger partial charge in [-0.1, -0.05) is 11.3 Å². The minimum Gasteiger partial charge on any atom is -0.368 e. The zero-order valence-electron chi connectivity index (χ0n) is 12.3. The average Bonchev–Trinajstić information content (AvgIpc) is 2.99. The number of aromatic nitrogens is 3. The van der Waals surface area contributed by atoms with Crippen molar-refractivity contribution in [3.8, 4) is 11.3 Å². The van der Waals surface area contributed by atoms with Gasteiger partial charge in [0.2, 0.25) is 5.95 Å². The molecule has 0 bridgehead atoms. The van der Waals surface area contributed by atoms with Gasteiger partial charge in [-0.2, -0.15) is 9.97 Å². The smallest absolute Gasteiger partial charge is 0.222 e. The van der Waals surface area contributed by atoms with E-state index >= 15 is 0 Å². The number of fused-ring (bicyclic) bond motifs is 1. The fraction of sp³-hybridized carbons (Fsp3) is 0.267. The Balaban J connectivity index is 1.83. The highest BCUT2D eigenvalue weighted by Gasteiger charge is 2.19. The van der Waals surface area contributed by atoms with Crippen molar-refractivity contribution in [2.24, 2.45) is 0 Å². The number of piperazine rings is 1. The van der Waals surface area contributed by atoms with Crippen LogP contribution in [0.4, 0.5) is 15.5 Å². The van der Waals surface area contributed by atoms with Crippen molar-refractivity contribution in [3.05, 3.63) is 30.1 Å². The summed E-state index contributed by atoms with van der Waals surface area (Å²) >= 11 is 1.55. The monoisotopic (exact) mass is 330 g/mol. The average molecular weight is 330 g/mol. The number of nitrogen functional groups attached to an aromatic ring is 1. The summed E-state index contributed by atoms with van der Waals surface area (Å²) in [6.07, 6.45) is 0. The Labute approximate surface area is 136 Å². The summed E-state index contributed by atoms with van der Waals surface area (Å²) in [5.41, 5.74) is 7.92. The molecule has 0 amide bonds. The van der Waals surface area contributed by atoms with E-state index in [-0.39, 0.29) is 11.8 Å². The van der Waals surface area contributed by atoms with Crippen LogP contribution in [0, 0.1) is 5.82 Å². The van der Waals surface area contributed by atoms with E-state index in [0.717, 1.165) is 41.6 Å². The number of halogens is 1. The van der Waals surface area contributed by atoms with Crippen LogP contribution in [0.2, 0.25) is 0 Å². The van der Waals surface area contributed by atoms with Crippen molar-refractivity contribution in [2.45, 2.75) is 0 Å². The van der Waals surface area contributed by atoms with Crippen LogP contribution in [0.3, 0.4) is 0 Å². The number of rotatable bonds is 2. The number of benzene rings is 1. The molecule has 8 heteroatoms. The molecule has 3 N–H and O–H groups in total. The maximum atomic E-state index is 13.2. The minimum atomic E-state index is -0.280. The maximum absolute atomic E-state index is 13.2. The van der Waals surface area contributed by atoms with Gasteiger partial charge in [0.25, 0.3) is 0 Å². The highest BCUT2D eigenvalue weighted by molar-refractivity contribution is 7.22. The Hall–Kier alpha value is -2.32. The van der Waals surface area contributed by atoms with Crippen LogP contribution in [-0.2, 0) is 0 Å². The van der Waals surface area contributed by atoms with Crippen molar-refractivity contribution < 1.29 is 4.39 Å². The first-order valence-corrected chi connectivity index (χ1v) is 8.18. The molecule has 118 valence electrons. The van der Waals surface area contributed by atoms with Crippen LogP contribution >= 0.6 is 11.3 Å². The van der Waals surface area contributed by atoms with Gasteiger partial charge in [-0.05, 0) is 24.3 Å². The van der Waals surface area contributed by atoms with Crippen molar-refractivity contribution in [2.75, 3.05) is 36.8 Å². The fourth-order valence-corrected chi connectivity index (χ4v) is 3.69. The summed E-state index contributed by atoms with van der Waals surface area (Å²) in [4.78, 5) is 15.4. The van der Waals surface area contributed by atoms with Crippen LogP contribution in [-0.4, -0.2) is 41.1 Å². The lowest BCUT2D eigenvalue weighted by Gasteiger charge is -2.26. The van der Waals surface area contributed by atoms with Crippen LogP contribution in [0.1, 0.15) is 0 Å². The molecular formula is C15H15FN6S. The summed E-state index contributed by atoms with van der Waals surface area (Å²) in [6, 6.07) is 6.22. The van der Waals surface area contributed by atoms with E-state index < -0.39 is 0 Å². The third kappa shape index (κ3) is 2.71. The highest BCUT2D eigenvalue weighted by Crippen LogP contribution is 2.35. The Morgan fingerprint density at radius 3 is 2.57 bits per heavy atom. The van der Waals surface area contributed by atoms with E-state index in [0.29, 0.717) is 11.3 Å². The number of thiazole rings is 1. The van der Waals surface area contributed by atoms with E-state index in [9.17, 15) is 4.39 Å². The molecule has 6 nitrogen and oxygen atoms in total. The number of nitrogens with one attached hydrogen (secondary N) is 1. The lowest BCUT2D eigenvalue weighted by atomic mass is 10.1. The van der Waals surface area contributed by atoms with Crippen LogP contribution < -0.4 is 16.0 Å². The maximum Gasteiger partial charge on any atom is 0.222 e. The number of hydrogen-bond donors (Lipinski definition) is 2. The lowest BCUT2D eigenvalue weighted by molar-refractivity contribution is 0.588. The van der Waals surface area contributed by atoms with Gasteiger partial charge in [-0.3, -0.25) is 0 Å². The van der Waals surface area contributed by atoms with Crippen molar-refractivity contribution >= 4 is 32.8 Å². The van der Waals surface area contributed by atoms with Gasteiger partial charge in [-0.25, -0.2) is 9.37 Å². The highest BCUT2D eigenvalue weighted by atomic mass is 32.1. The largest absolute Gasteiger partial charge is 0.368 e. The topological polar surface area (TPSA) is 80.0 Å². The Morgan fingerprint density at radius 2 is 1.83 bits per heavy atom. The third-order valence-corrected chi connectivity index (χ3v) is 4.88. The first kappa shape index (κ1) is 14.3. The van der Waals surface area contributed by atoms with Gasteiger partial charge in [-0.15, -0.1) is 0 Å². The Morgan fingerprint density at radius 1 is 1.09 bits per heavy atom. The van der Waals surface area contributed by atoms with Gasteiger partial charge in [0.1, 0.15) is 10.5 Å². The van der Waals surface area contributed by atoms with E-state index in [1.807, 2.05) is 0 Å². The number of hydrogen-bond acceptors (Lipinski definition) is 7. The summed E-state index contributed by atoms with van der Waals surface area (Å²) in [6.45, 7) is 3.70. The van der Waals surface area contributed by atoms with Crippen LogP contribution in [0.5, 0.6) is 0 Å². The molecule has 3 aromatic rings. The predicted molar refractivity (Wildman–Crippen MR) is 90.1 cm³/mol. The van der Waals surface area contributed by atoms with Gasteiger partial charge >= 0.3 is 0 Å². The molecule has 0 radical (unpaired) electrons. The number of nitrogens with two attached hydrogens (primary N) is 1. The molecule has 0 unspecified atom stereocenters. The Bertz CT molecular complexity index is 841. The van der Waals surface area contributed by atoms with Crippen molar-refractivity contribution in [1.29, 1.82) is 0 Å². The Kier molecular flexibility index (Phi) is 3.55. The van der Waals surface area contributed by atoms with Crippen molar-refractivity contribution in [3.63, 3.8) is 0 Å². The van der Waals surface area contributed by atoms with Gasteiger partial charge < -0.3 is 16.0 Å². The molecule has 4 rings (SSSR count). The first-order valence-electron chi connectivity index (χ1n) is 7.36. The molecule has 2 aromatic heterocycles. The summed E-state index contributed by atoms with van der Waals surface area (Å²) in [5, 5.41) is 4.24. The molecular weight excluding hydrogens is 315 g/mol. The molecule has 23 heavy (non-hydrogen) atoms. The van der Waals surface area contributed by atoms with E-state index in [1.54, 1.807) is 23.5 Å². The summed E-state index contributed by atoms with van der Waals surface area (Å²) < 4.78 is 14.0. The zero-order valence-corrected chi connectivity index (χ0v) is 13.1. The SMILES string of the molecule is Nc1nc(-c2ccc(F)cc2)c2sc(N3CCNCC3)nc2n1. The quantitative estimate of drug-likeness (QED) is 0.747. The lowest BCUT2D eigenvalue weighted by Crippen LogP contribution is -2.43. The molecule has 1 aliphatic rings. The van der Waals surface area contributed by atoms with E-state index in [4.69, 9.17) is 5.73 Å². The predicted octanol–water partition coefficient (Wildman–Crippen LogP) is 1.88. The third-order valence-electron chi connectivity index (χ3n) is 3.77. The van der Waals surface area contributed by atoms with Crippen LogP contribution in [0.15, 0.2) is 24.3 Å². The normalized spacial score (nSPS) is 15.3. The van der Waals surface area contributed by atoms with Gasteiger partial charge in [0.15, 0.2) is 10.8 Å². The zero-order chi connectivity index (χ0) is 15.8. The first-order chi connectivity index (χ1) is 11.2. The van der Waals surface area contributed by atoms with E-state index in [2.05, 4.69) is 25.2 Å². The summed E-state index contributed by atoms with van der Waals surface area (Å²) in [5.74, 6) is -0.105. The summed E-state index contributed by atoms with van der Waals surface area (Å²) in [7, 11) is 0. The van der Waals surface area contributed by atoms with Gasteiger partial charge in [0.05, 0.1) is 5.69 Å². The molecule has 1 fully saturated rings. The van der Waals surface area contributed by atoms with Gasteiger partial charge in [0, 0.05) is 31.7 Å². The number of anilines is 2. The molecule has 1 saturated heterocycles. The molecule has 0 atom stereocenters. The van der Waals surface area contributed by atoms with Crippen molar-refractivity contribution in [1.82, 2.24) is 20.3 Å². The van der Waals surface area contributed by atoms with Crippen LogP contribution in [0.25, 0.3) is 21.6 Å². The number of nitrogens with zero attached hydrogens (tertiary/aromatic N) is 4. The molecule has 0 spiro atoms. The standard InChI is InChI=1S/C15H15FN6S/c16-10-3-1-9(2-4-10)11-12-13(20-14(17)19-11)21-15(23-12)22-7-5-18-6-8-22/h1-4,18H,5-8H2,(H2,17,19,20). The molecule has 3 heterocycles.